The maximum absolute atomic E-state index is 13.1. The first-order valence-electron chi connectivity index (χ1n) is 8.51. The Morgan fingerprint density at radius 1 is 1.04 bits per heavy atom. The van der Waals surface area contributed by atoms with E-state index in [4.69, 9.17) is 4.74 Å². The Labute approximate surface area is 145 Å². The van der Waals surface area contributed by atoms with Gasteiger partial charge in [0.2, 0.25) is 11.8 Å². The summed E-state index contributed by atoms with van der Waals surface area (Å²) in [5.41, 5.74) is 0.189. The molecule has 25 heavy (non-hydrogen) atoms. The first kappa shape index (κ1) is 16.0. The van der Waals surface area contributed by atoms with Gasteiger partial charge in [0, 0.05) is 37.7 Å². The van der Waals surface area contributed by atoms with Crippen LogP contribution in [0.5, 0.6) is 5.88 Å². The summed E-state index contributed by atoms with van der Waals surface area (Å²) in [7, 11) is 1.61. The van der Waals surface area contributed by atoms with Crippen LogP contribution in [0.25, 0.3) is 0 Å². The van der Waals surface area contributed by atoms with Gasteiger partial charge < -0.3 is 14.5 Å². The smallest absolute Gasteiger partial charge is 0.225 e. The predicted octanol–water partition coefficient (Wildman–Crippen LogP) is 1.91. The summed E-state index contributed by atoms with van der Waals surface area (Å²) in [6, 6.07) is 1.88. The monoisotopic (exact) mass is 344 g/mol. The van der Waals surface area contributed by atoms with Gasteiger partial charge in [-0.05, 0) is 19.3 Å². The third-order valence-corrected chi connectivity index (χ3v) is 5.15. The molecule has 8 heteroatoms. The molecule has 2 aromatic rings. The van der Waals surface area contributed by atoms with E-state index in [1.165, 1.54) is 18.8 Å². The fourth-order valence-electron chi connectivity index (χ4n) is 3.93. The van der Waals surface area contributed by atoms with Crippen molar-refractivity contribution in [3.63, 3.8) is 0 Å². The van der Waals surface area contributed by atoms with Crippen LogP contribution in [0.4, 0.5) is 16.2 Å². The number of methoxy groups -OCH3 is 1. The van der Waals surface area contributed by atoms with Crippen LogP contribution in [0.2, 0.25) is 0 Å². The number of rotatable bonds is 3. The number of anilines is 2. The molecule has 1 spiro atoms. The molecule has 1 atom stereocenters. The molecular formula is C17H21FN6O. The predicted molar refractivity (Wildman–Crippen MR) is 91.3 cm³/mol. The van der Waals surface area contributed by atoms with Crippen LogP contribution in [-0.2, 0) is 0 Å². The second-order valence-electron chi connectivity index (χ2n) is 6.82. The summed E-state index contributed by atoms with van der Waals surface area (Å²) in [5, 5.41) is 0. The van der Waals surface area contributed by atoms with E-state index in [0.717, 1.165) is 44.8 Å². The number of hydrogen-bond acceptors (Lipinski definition) is 7. The Kier molecular flexibility index (Phi) is 4.10. The van der Waals surface area contributed by atoms with E-state index >= 15 is 0 Å². The van der Waals surface area contributed by atoms with Gasteiger partial charge in [-0.1, -0.05) is 0 Å². The number of nitrogens with zero attached hydrogens (tertiary/aromatic N) is 6. The van der Waals surface area contributed by atoms with Gasteiger partial charge in [-0.3, -0.25) is 0 Å². The summed E-state index contributed by atoms with van der Waals surface area (Å²) in [5.74, 6) is 1.69. The lowest BCUT2D eigenvalue weighted by Gasteiger charge is -2.40. The van der Waals surface area contributed by atoms with Gasteiger partial charge in [-0.25, -0.2) is 24.3 Å². The average Bonchev–Trinajstić information content (AvgIpc) is 3.05. The minimum Gasteiger partial charge on any atom is -0.481 e. The zero-order valence-corrected chi connectivity index (χ0v) is 14.2. The molecule has 2 aliphatic rings. The largest absolute Gasteiger partial charge is 0.481 e. The van der Waals surface area contributed by atoms with E-state index in [-0.39, 0.29) is 5.41 Å². The van der Waals surface area contributed by atoms with Gasteiger partial charge in [-0.2, -0.15) is 0 Å². The van der Waals surface area contributed by atoms with E-state index in [1.807, 2.05) is 6.07 Å². The molecule has 0 aromatic carbocycles. The van der Waals surface area contributed by atoms with Gasteiger partial charge in [0.25, 0.3) is 0 Å². The van der Waals surface area contributed by atoms with Crippen molar-refractivity contribution in [2.75, 3.05) is 43.1 Å². The van der Waals surface area contributed by atoms with Crippen molar-refractivity contribution in [3.05, 3.63) is 30.6 Å². The topological polar surface area (TPSA) is 67.3 Å². The zero-order valence-electron chi connectivity index (χ0n) is 14.2. The van der Waals surface area contributed by atoms with Crippen LogP contribution in [0.15, 0.2) is 24.8 Å². The van der Waals surface area contributed by atoms with Crippen LogP contribution in [0.1, 0.15) is 19.3 Å². The van der Waals surface area contributed by atoms with Crippen LogP contribution < -0.4 is 14.5 Å². The Balaban J connectivity index is 1.49. The van der Waals surface area contributed by atoms with Gasteiger partial charge in [0.15, 0.2) is 5.82 Å². The number of aromatic nitrogens is 4. The Hall–Kier alpha value is -2.51. The molecule has 0 aliphatic carbocycles. The number of halogens is 1. The van der Waals surface area contributed by atoms with Crippen molar-refractivity contribution in [1.82, 2.24) is 19.9 Å². The molecule has 2 aliphatic heterocycles. The van der Waals surface area contributed by atoms with Crippen LogP contribution in [0, 0.1) is 11.2 Å². The average molecular weight is 344 g/mol. The lowest BCUT2D eigenvalue weighted by molar-refractivity contribution is 0.262. The molecule has 4 rings (SSSR count). The van der Waals surface area contributed by atoms with Crippen molar-refractivity contribution >= 4 is 11.8 Å². The summed E-state index contributed by atoms with van der Waals surface area (Å²) in [6.45, 7) is 3.69. The van der Waals surface area contributed by atoms with E-state index in [9.17, 15) is 4.39 Å². The Bertz CT molecular complexity index is 742. The summed E-state index contributed by atoms with van der Waals surface area (Å²) >= 11 is 0. The van der Waals surface area contributed by atoms with Crippen LogP contribution in [-0.4, -0.2) is 53.2 Å². The first-order valence-corrected chi connectivity index (χ1v) is 8.51. The second kappa shape index (κ2) is 6.42. The first-order chi connectivity index (χ1) is 12.2. The summed E-state index contributed by atoms with van der Waals surface area (Å²) < 4.78 is 18.3. The zero-order chi connectivity index (χ0) is 17.3. The molecule has 1 unspecified atom stereocenters. The van der Waals surface area contributed by atoms with E-state index in [0.29, 0.717) is 11.8 Å². The Morgan fingerprint density at radius 2 is 1.84 bits per heavy atom. The van der Waals surface area contributed by atoms with E-state index < -0.39 is 5.82 Å². The molecule has 0 saturated carbocycles. The molecular weight excluding hydrogens is 323 g/mol. The van der Waals surface area contributed by atoms with Crippen LogP contribution in [0.3, 0.4) is 0 Å². The molecule has 0 amide bonds. The highest BCUT2D eigenvalue weighted by molar-refractivity contribution is 5.43. The van der Waals surface area contributed by atoms with E-state index in [2.05, 4.69) is 29.7 Å². The van der Waals surface area contributed by atoms with Crippen molar-refractivity contribution in [3.8, 4) is 5.88 Å². The fourth-order valence-corrected chi connectivity index (χ4v) is 3.93. The quantitative estimate of drug-likeness (QED) is 0.842. The molecule has 132 valence electrons. The molecule has 4 heterocycles. The standard InChI is InChI=1S/C17H21FN6O/c1-25-15-7-14(21-12-22-15)23-6-4-17(10-23)3-2-5-24(11-17)16-19-8-13(18)9-20-16/h7-9,12H,2-6,10-11H2,1H3. The molecule has 0 radical (unpaired) electrons. The van der Waals surface area contributed by atoms with Crippen molar-refractivity contribution < 1.29 is 9.13 Å². The second-order valence-corrected chi connectivity index (χ2v) is 6.82. The Morgan fingerprint density at radius 3 is 2.64 bits per heavy atom. The third kappa shape index (κ3) is 3.20. The van der Waals surface area contributed by atoms with Crippen molar-refractivity contribution in [2.24, 2.45) is 5.41 Å². The van der Waals surface area contributed by atoms with Gasteiger partial charge in [0.1, 0.15) is 12.1 Å². The third-order valence-electron chi connectivity index (χ3n) is 5.15. The fraction of sp³-hybridized carbons (Fsp3) is 0.529. The van der Waals surface area contributed by atoms with Gasteiger partial charge in [0.05, 0.1) is 19.5 Å². The van der Waals surface area contributed by atoms with Gasteiger partial charge >= 0.3 is 0 Å². The normalized spacial score (nSPS) is 23.3. The summed E-state index contributed by atoms with van der Waals surface area (Å²) in [4.78, 5) is 21.2. The van der Waals surface area contributed by atoms with E-state index in [1.54, 1.807) is 13.4 Å². The molecule has 2 aromatic heterocycles. The van der Waals surface area contributed by atoms with Crippen molar-refractivity contribution in [2.45, 2.75) is 19.3 Å². The highest BCUT2D eigenvalue weighted by Gasteiger charge is 2.42. The minimum atomic E-state index is -0.403. The number of hydrogen-bond donors (Lipinski definition) is 0. The van der Waals surface area contributed by atoms with Gasteiger partial charge in [-0.15, -0.1) is 0 Å². The maximum atomic E-state index is 13.1. The molecule has 7 nitrogen and oxygen atoms in total. The minimum absolute atomic E-state index is 0.189. The van der Waals surface area contributed by atoms with Crippen LogP contribution >= 0.6 is 0 Å². The summed E-state index contributed by atoms with van der Waals surface area (Å²) in [6.07, 6.45) is 7.36. The molecule has 0 bridgehead atoms. The highest BCUT2D eigenvalue weighted by Crippen LogP contribution is 2.41. The number of piperidine rings is 1. The van der Waals surface area contributed by atoms with Crippen molar-refractivity contribution in [1.29, 1.82) is 0 Å². The lowest BCUT2D eigenvalue weighted by Crippen LogP contribution is -2.45. The molecule has 2 saturated heterocycles. The SMILES string of the molecule is COc1cc(N2CCC3(CCCN(c4ncc(F)cn4)C3)C2)ncn1. The lowest BCUT2D eigenvalue weighted by atomic mass is 9.79. The number of ether oxygens (including phenoxy) is 1. The maximum Gasteiger partial charge on any atom is 0.225 e. The molecule has 2 fully saturated rings. The highest BCUT2D eigenvalue weighted by atomic mass is 19.1. The molecule has 0 N–H and O–H groups in total.